The minimum absolute atomic E-state index is 0.0537. The number of benzene rings is 2. The maximum atomic E-state index is 12.6. The van der Waals surface area contributed by atoms with Gasteiger partial charge in [0.25, 0.3) is 0 Å². The summed E-state index contributed by atoms with van der Waals surface area (Å²) in [7, 11) is -6.41. The summed E-state index contributed by atoms with van der Waals surface area (Å²) >= 11 is 0. The quantitative estimate of drug-likeness (QED) is 0.264. The molecular weight excluding hydrogens is 545 g/mol. The van der Waals surface area contributed by atoms with Gasteiger partial charge in [0.2, 0.25) is 5.89 Å². The van der Waals surface area contributed by atoms with E-state index in [2.05, 4.69) is 15.3 Å². The van der Waals surface area contributed by atoms with Gasteiger partial charge in [-0.15, -0.1) is 5.10 Å². The van der Waals surface area contributed by atoms with Gasteiger partial charge in [0.15, 0.2) is 20.6 Å². The van der Waals surface area contributed by atoms with Gasteiger partial charge in [0.05, 0.1) is 24.2 Å². The van der Waals surface area contributed by atoms with Crippen LogP contribution in [0.25, 0.3) is 12.2 Å². The van der Waals surface area contributed by atoms with Gasteiger partial charge in [-0.2, -0.15) is 13.2 Å². The van der Waals surface area contributed by atoms with Crippen molar-refractivity contribution >= 4 is 32.8 Å². The largest absolute Gasteiger partial charge is 0.487 e. The van der Waals surface area contributed by atoms with E-state index in [1.54, 1.807) is 36.5 Å². The number of hydrogen-bond donors (Lipinski definition) is 0. The molecule has 0 aliphatic rings. The summed E-state index contributed by atoms with van der Waals surface area (Å²) in [5.41, 5.74) is -3.11. The van der Waals surface area contributed by atoms with Crippen LogP contribution in [-0.4, -0.2) is 43.9 Å². The monoisotopic (exact) mass is 566 g/mol. The smallest absolute Gasteiger partial charge is 0.475 e. The summed E-state index contributed by atoms with van der Waals surface area (Å²) in [4.78, 5) is 3.93. The molecule has 14 heteroatoms. The van der Waals surface area contributed by atoms with Crippen molar-refractivity contribution in [1.82, 2.24) is 20.0 Å². The number of aryl methyl sites for hydroxylation is 1. The van der Waals surface area contributed by atoms with E-state index in [4.69, 9.17) is 9.15 Å². The first-order chi connectivity index (χ1) is 18.1. The third-order valence-corrected chi connectivity index (χ3v) is 7.79. The van der Waals surface area contributed by atoms with Gasteiger partial charge in [-0.3, -0.25) is 4.68 Å². The fourth-order valence-electron chi connectivity index (χ4n) is 3.22. The normalized spacial score (nSPS) is 13.1. The molecule has 0 bridgehead atoms. The van der Waals surface area contributed by atoms with Crippen molar-refractivity contribution in [2.24, 2.45) is 0 Å². The minimum Gasteiger partial charge on any atom is -0.487 e. The zero-order chi connectivity index (χ0) is 27.2. The molecule has 9 nitrogen and oxygen atoms in total. The standard InChI is InChI=1S/C24H21F3N4O5S2/c25-24(26,27)37(32)22-8-3-18(4-9-22)5-10-23-29-20(16-36-23)15-35-21-6-1-19(2-7-21)17-38(33,34)14-13-31-12-11-28-30-31/h1-12,16H,13-15,17H2/b10-5+. The van der Waals surface area contributed by atoms with Crippen LogP contribution in [0.15, 0.2) is 76.5 Å². The van der Waals surface area contributed by atoms with Crippen LogP contribution in [0.3, 0.4) is 0 Å². The Kier molecular flexibility index (Phi) is 8.42. The Morgan fingerprint density at radius 2 is 1.79 bits per heavy atom. The summed E-state index contributed by atoms with van der Waals surface area (Å²) in [6, 6.07) is 11.8. The third-order valence-electron chi connectivity index (χ3n) is 5.09. The Morgan fingerprint density at radius 1 is 1.05 bits per heavy atom. The van der Waals surface area contributed by atoms with E-state index in [-0.39, 0.29) is 35.4 Å². The lowest BCUT2D eigenvalue weighted by atomic mass is 10.2. The molecule has 200 valence electrons. The average Bonchev–Trinajstić information content (AvgIpc) is 3.57. The number of aromatic nitrogens is 4. The van der Waals surface area contributed by atoms with Gasteiger partial charge in [-0.25, -0.2) is 17.6 Å². The van der Waals surface area contributed by atoms with Crippen LogP contribution in [0.5, 0.6) is 5.75 Å². The molecule has 0 fully saturated rings. The van der Waals surface area contributed by atoms with Crippen molar-refractivity contribution < 1.29 is 35.0 Å². The maximum absolute atomic E-state index is 12.6. The molecule has 0 N–H and O–H groups in total. The van der Waals surface area contributed by atoms with Gasteiger partial charge in [-0.1, -0.05) is 29.5 Å². The molecule has 2 heterocycles. The van der Waals surface area contributed by atoms with Gasteiger partial charge < -0.3 is 9.15 Å². The molecule has 38 heavy (non-hydrogen) atoms. The highest BCUT2D eigenvalue weighted by molar-refractivity contribution is 7.90. The Morgan fingerprint density at radius 3 is 2.45 bits per heavy atom. The lowest BCUT2D eigenvalue weighted by Gasteiger charge is -2.07. The Balaban J connectivity index is 1.26. The molecule has 0 radical (unpaired) electrons. The van der Waals surface area contributed by atoms with Crippen LogP contribution in [0, 0.1) is 0 Å². The molecule has 2 aromatic carbocycles. The van der Waals surface area contributed by atoms with Crippen molar-refractivity contribution in [3.8, 4) is 5.75 Å². The molecule has 1 atom stereocenters. The minimum atomic E-state index is -4.81. The summed E-state index contributed by atoms with van der Waals surface area (Å²) in [6.07, 6.45) is 7.63. The van der Waals surface area contributed by atoms with Crippen molar-refractivity contribution in [3.63, 3.8) is 0 Å². The summed E-state index contributed by atoms with van der Waals surface area (Å²) in [6.45, 7) is 0.333. The molecule has 0 saturated heterocycles. The number of ether oxygens (including phenoxy) is 1. The van der Waals surface area contributed by atoms with Gasteiger partial charge in [0.1, 0.15) is 24.3 Å². The number of alkyl halides is 3. The Bertz CT molecular complexity index is 1500. The predicted molar refractivity (Wildman–Crippen MR) is 133 cm³/mol. The second-order valence-corrected chi connectivity index (χ2v) is 11.6. The zero-order valence-corrected chi connectivity index (χ0v) is 21.2. The van der Waals surface area contributed by atoms with Gasteiger partial charge >= 0.3 is 5.51 Å². The van der Waals surface area contributed by atoms with E-state index in [1.165, 1.54) is 35.4 Å². The molecule has 4 aromatic rings. The van der Waals surface area contributed by atoms with E-state index in [1.807, 2.05) is 0 Å². The van der Waals surface area contributed by atoms with Crippen molar-refractivity contribution in [2.75, 3.05) is 5.75 Å². The van der Waals surface area contributed by atoms with Crippen LogP contribution in [0.1, 0.15) is 22.7 Å². The maximum Gasteiger partial charge on any atom is 0.475 e. The van der Waals surface area contributed by atoms with Crippen LogP contribution in [-0.2, 0) is 39.5 Å². The van der Waals surface area contributed by atoms with Crippen molar-refractivity contribution in [3.05, 3.63) is 89.9 Å². The van der Waals surface area contributed by atoms with Gasteiger partial charge in [-0.05, 0) is 41.5 Å². The summed E-state index contributed by atoms with van der Waals surface area (Å²) < 4.78 is 86.2. The van der Waals surface area contributed by atoms with E-state index in [0.29, 0.717) is 22.6 Å². The lowest BCUT2D eigenvalue weighted by molar-refractivity contribution is -0.0384. The molecular formula is C24H21F3N4O5S2. The highest BCUT2D eigenvalue weighted by atomic mass is 32.2. The van der Waals surface area contributed by atoms with E-state index in [9.17, 15) is 25.8 Å². The molecule has 0 aliphatic carbocycles. The molecule has 1 unspecified atom stereocenters. The SMILES string of the molecule is O=S(c1ccc(/C=C/c2nc(COc3ccc(CS(=O)(=O)CCn4ccnn4)cc3)co2)cc1)C(F)(F)F. The number of hydrogen-bond acceptors (Lipinski definition) is 8. The van der Waals surface area contributed by atoms with E-state index in [0.717, 1.165) is 12.1 Å². The molecule has 0 spiro atoms. The first kappa shape index (κ1) is 27.3. The number of nitrogens with zero attached hydrogens (tertiary/aromatic N) is 4. The number of oxazole rings is 1. The predicted octanol–water partition coefficient (Wildman–Crippen LogP) is 4.26. The van der Waals surface area contributed by atoms with Crippen molar-refractivity contribution in [2.45, 2.75) is 29.3 Å². The molecule has 4 rings (SSSR count). The fourth-order valence-corrected chi connectivity index (χ4v) is 5.18. The van der Waals surface area contributed by atoms with Crippen LogP contribution < -0.4 is 4.74 Å². The van der Waals surface area contributed by atoms with Crippen molar-refractivity contribution in [1.29, 1.82) is 0 Å². The lowest BCUT2D eigenvalue weighted by Crippen LogP contribution is -2.16. The number of sulfone groups is 1. The first-order valence-corrected chi connectivity index (χ1v) is 14.0. The van der Waals surface area contributed by atoms with Crippen LogP contribution >= 0.6 is 0 Å². The topological polar surface area (TPSA) is 117 Å². The first-order valence-electron chi connectivity index (χ1n) is 11.0. The second kappa shape index (κ2) is 11.7. The molecule has 0 aliphatic heterocycles. The Hall–Kier alpha value is -3.78. The van der Waals surface area contributed by atoms with Crippen LogP contribution in [0.4, 0.5) is 13.2 Å². The number of rotatable bonds is 11. The highest BCUT2D eigenvalue weighted by Crippen LogP contribution is 2.26. The third kappa shape index (κ3) is 7.86. The second-order valence-electron chi connectivity index (χ2n) is 7.98. The molecule has 2 aromatic heterocycles. The summed E-state index contributed by atoms with van der Waals surface area (Å²) in [5, 5.41) is 7.40. The van der Waals surface area contributed by atoms with Gasteiger partial charge in [0, 0.05) is 17.2 Å². The number of halogens is 3. The van der Waals surface area contributed by atoms with Crippen LogP contribution in [0.2, 0.25) is 0 Å². The highest BCUT2D eigenvalue weighted by Gasteiger charge is 2.37. The summed E-state index contributed by atoms with van der Waals surface area (Å²) in [5.74, 6) is 0.620. The Labute approximate surface area is 218 Å². The van der Waals surface area contributed by atoms with E-state index >= 15 is 0 Å². The molecule has 0 saturated carbocycles. The average molecular weight is 567 g/mol. The van der Waals surface area contributed by atoms with E-state index < -0.39 is 26.1 Å². The molecule has 0 amide bonds. The zero-order valence-electron chi connectivity index (χ0n) is 19.6. The fraction of sp³-hybridized carbons (Fsp3) is 0.208.